The first kappa shape index (κ1) is 15.8. The summed E-state index contributed by atoms with van der Waals surface area (Å²) in [6.07, 6.45) is 2.02. The summed E-state index contributed by atoms with van der Waals surface area (Å²) in [4.78, 5) is 0. The van der Waals surface area contributed by atoms with E-state index in [1.54, 1.807) is 11.6 Å². The Morgan fingerprint density at radius 1 is 1.00 bits per heavy atom. The van der Waals surface area contributed by atoms with Gasteiger partial charge in [-0.05, 0) is 42.2 Å². The largest absolute Gasteiger partial charge is 0.496 e. The van der Waals surface area contributed by atoms with Crippen molar-refractivity contribution in [3.63, 3.8) is 0 Å². The number of aromatic nitrogens is 4. The average molecular weight is 357 g/mol. The van der Waals surface area contributed by atoms with Gasteiger partial charge in [0.1, 0.15) is 11.6 Å². The fourth-order valence-corrected chi connectivity index (χ4v) is 3.77. The third-order valence-electron chi connectivity index (χ3n) is 5.06. The molecule has 27 heavy (non-hydrogen) atoms. The van der Waals surface area contributed by atoms with E-state index in [1.807, 2.05) is 54.6 Å². The maximum absolute atomic E-state index is 5.50. The second-order valence-electron chi connectivity index (χ2n) is 6.64. The maximum Gasteiger partial charge on any atom is 0.185 e. The summed E-state index contributed by atoms with van der Waals surface area (Å²) in [5.41, 5.74) is 4.29. The molecule has 4 aromatic rings. The van der Waals surface area contributed by atoms with E-state index in [2.05, 4.69) is 21.6 Å². The van der Waals surface area contributed by atoms with Crippen molar-refractivity contribution in [2.24, 2.45) is 0 Å². The molecule has 0 spiro atoms. The van der Waals surface area contributed by atoms with Gasteiger partial charge in [0.25, 0.3) is 0 Å². The van der Waals surface area contributed by atoms with Gasteiger partial charge in [0, 0.05) is 5.56 Å². The Balaban J connectivity index is 1.49. The number of methoxy groups -OCH3 is 1. The highest BCUT2D eigenvalue weighted by Gasteiger charge is 2.25. The van der Waals surface area contributed by atoms with E-state index >= 15 is 0 Å². The van der Waals surface area contributed by atoms with Crippen molar-refractivity contribution in [3.8, 4) is 17.1 Å². The van der Waals surface area contributed by atoms with Crippen LogP contribution in [0.2, 0.25) is 0 Å². The molecule has 1 aliphatic carbocycles. The Labute approximate surface area is 156 Å². The number of nitrogens with one attached hydrogen (secondary N) is 1. The molecule has 2 heterocycles. The van der Waals surface area contributed by atoms with Crippen LogP contribution in [0.1, 0.15) is 23.6 Å². The van der Waals surface area contributed by atoms with Crippen LogP contribution >= 0.6 is 0 Å². The van der Waals surface area contributed by atoms with Crippen molar-refractivity contribution in [1.82, 2.24) is 19.8 Å². The predicted octanol–water partition coefficient (Wildman–Crippen LogP) is 3.90. The highest BCUT2D eigenvalue weighted by atomic mass is 16.5. The molecule has 0 radical (unpaired) electrons. The molecule has 0 bridgehead atoms. The first-order valence-corrected chi connectivity index (χ1v) is 9.03. The Bertz CT molecular complexity index is 1110. The summed E-state index contributed by atoms with van der Waals surface area (Å²) in [5, 5.41) is 16.8. The molecule has 6 nitrogen and oxygen atoms in total. The quantitative estimate of drug-likeness (QED) is 0.600. The molecule has 1 N–H and O–H groups in total. The Morgan fingerprint density at radius 3 is 2.74 bits per heavy atom. The normalized spacial score (nSPS) is 15.7. The minimum Gasteiger partial charge on any atom is -0.496 e. The number of anilines is 1. The number of nitrogens with zero attached hydrogens (tertiary/aromatic N) is 4. The van der Waals surface area contributed by atoms with Crippen LogP contribution in [0, 0.1) is 0 Å². The van der Waals surface area contributed by atoms with E-state index < -0.39 is 0 Å². The molecule has 5 rings (SSSR count). The lowest BCUT2D eigenvalue weighted by Crippen LogP contribution is -2.10. The van der Waals surface area contributed by atoms with Gasteiger partial charge in [0.15, 0.2) is 11.5 Å². The van der Waals surface area contributed by atoms with Gasteiger partial charge in [0.05, 0.1) is 13.2 Å². The SMILES string of the molecule is COc1cccc2c1CCC2Nc1ccc2nnc(-c3ccccc3)n2n1. The van der Waals surface area contributed by atoms with Crippen LogP contribution < -0.4 is 10.1 Å². The summed E-state index contributed by atoms with van der Waals surface area (Å²) in [7, 11) is 1.73. The standard InChI is InChI=1S/C21H19N5O/c1-27-18-9-5-8-15-16(18)10-11-17(15)22-19-12-13-20-23-24-21(26(20)25-19)14-6-3-2-4-7-14/h2-9,12-13,17H,10-11H2,1H3,(H,22,25). The molecule has 1 unspecified atom stereocenters. The van der Waals surface area contributed by atoms with Crippen molar-refractivity contribution in [3.05, 3.63) is 71.8 Å². The van der Waals surface area contributed by atoms with Crippen molar-refractivity contribution in [1.29, 1.82) is 0 Å². The van der Waals surface area contributed by atoms with Crippen molar-refractivity contribution in [2.45, 2.75) is 18.9 Å². The molecule has 2 aromatic heterocycles. The van der Waals surface area contributed by atoms with Gasteiger partial charge in [-0.3, -0.25) is 0 Å². The minimum atomic E-state index is 0.219. The van der Waals surface area contributed by atoms with E-state index in [9.17, 15) is 0 Å². The molecule has 0 aliphatic heterocycles. The molecular formula is C21H19N5O. The molecule has 2 aromatic carbocycles. The minimum absolute atomic E-state index is 0.219. The number of hydrogen-bond acceptors (Lipinski definition) is 5. The van der Waals surface area contributed by atoms with Crippen LogP contribution in [0.5, 0.6) is 5.75 Å². The molecule has 0 fully saturated rings. The van der Waals surface area contributed by atoms with Crippen LogP contribution in [0.4, 0.5) is 5.82 Å². The van der Waals surface area contributed by atoms with Crippen LogP contribution in [0.15, 0.2) is 60.7 Å². The molecule has 1 atom stereocenters. The van der Waals surface area contributed by atoms with E-state index in [0.717, 1.165) is 41.4 Å². The van der Waals surface area contributed by atoms with E-state index in [1.165, 1.54) is 11.1 Å². The average Bonchev–Trinajstić information content (AvgIpc) is 3.33. The Morgan fingerprint density at radius 2 is 1.89 bits per heavy atom. The highest BCUT2D eigenvalue weighted by Crippen LogP contribution is 2.38. The Hall–Kier alpha value is -3.41. The van der Waals surface area contributed by atoms with Gasteiger partial charge in [0.2, 0.25) is 0 Å². The summed E-state index contributed by atoms with van der Waals surface area (Å²) in [6, 6.07) is 20.3. The molecule has 0 saturated heterocycles. The van der Waals surface area contributed by atoms with Crippen LogP contribution in [0.3, 0.4) is 0 Å². The lowest BCUT2D eigenvalue weighted by molar-refractivity contribution is 0.410. The lowest BCUT2D eigenvalue weighted by atomic mass is 10.1. The fraction of sp³-hybridized carbons (Fsp3) is 0.190. The number of ether oxygens (including phenoxy) is 1. The molecule has 6 heteroatoms. The van der Waals surface area contributed by atoms with Crippen LogP contribution in [-0.4, -0.2) is 26.9 Å². The van der Waals surface area contributed by atoms with Crippen molar-refractivity contribution in [2.75, 3.05) is 12.4 Å². The first-order chi connectivity index (χ1) is 13.3. The number of rotatable bonds is 4. The second kappa shape index (κ2) is 6.39. The number of fused-ring (bicyclic) bond motifs is 2. The molecule has 1 aliphatic rings. The smallest absolute Gasteiger partial charge is 0.185 e. The monoisotopic (exact) mass is 357 g/mol. The molecule has 0 amide bonds. The highest BCUT2D eigenvalue weighted by molar-refractivity contribution is 5.59. The second-order valence-corrected chi connectivity index (χ2v) is 6.64. The van der Waals surface area contributed by atoms with E-state index in [-0.39, 0.29) is 6.04 Å². The third-order valence-corrected chi connectivity index (χ3v) is 5.06. The predicted molar refractivity (Wildman–Crippen MR) is 104 cm³/mol. The topological polar surface area (TPSA) is 64.3 Å². The van der Waals surface area contributed by atoms with Crippen molar-refractivity contribution < 1.29 is 4.74 Å². The van der Waals surface area contributed by atoms with Crippen molar-refractivity contribution >= 4 is 11.5 Å². The molecular weight excluding hydrogens is 338 g/mol. The number of benzene rings is 2. The van der Waals surface area contributed by atoms with Gasteiger partial charge >= 0.3 is 0 Å². The van der Waals surface area contributed by atoms with Crippen LogP contribution in [0.25, 0.3) is 17.0 Å². The first-order valence-electron chi connectivity index (χ1n) is 9.03. The van der Waals surface area contributed by atoms with Gasteiger partial charge in [-0.15, -0.1) is 15.3 Å². The zero-order valence-electron chi connectivity index (χ0n) is 15.0. The van der Waals surface area contributed by atoms with Gasteiger partial charge in [-0.2, -0.15) is 4.52 Å². The summed E-state index contributed by atoms with van der Waals surface area (Å²) in [5.74, 6) is 2.51. The zero-order chi connectivity index (χ0) is 18.2. The van der Waals surface area contributed by atoms with E-state index in [4.69, 9.17) is 9.84 Å². The van der Waals surface area contributed by atoms with Crippen LogP contribution in [-0.2, 0) is 6.42 Å². The molecule has 0 saturated carbocycles. The lowest BCUT2D eigenvalue weighted by Gasteiger charge is -2.15. The summed E-state index contributed by atoms with van der Waals surface area (Å²) in [6.45, 7) is 0. The summed E-state index contributed by atoms with van der Waals surface area (Å²) >= 11 is 0. The Kier molecular flexibility index (Phi) is 3.74. The fourth-order valence-electron chi connectivity index (χ4n) is 3.77. The maximum atomic E-state index is 5.50. The van der Waals surface area contributed by atoms with E-state index in [0.29, 0.717) is 0 Å². The number of hydrogen-bond donors (Lipinski definition) is 1. The zero-order valence-corrected chi connectivity index (χ0v) is 15.0. The van der Waals surface area contributed by atoms with Gasteiger partial charge < -0.3 is 10.1 Å². The molecule has 134 valence electrons. The third kappa shape index (κ3) is 2.70. The summed E-state index contributed by atoms with van der Waals surface area (Å²) < 4.78 is 7.29. The van der Waals surface area contributed by atoms with Gasteiger partial charge in [-0.25, -0.2) is 0 Å². The van der Waals surface area contributed by atoms with Gasteiger partial charge in [-0.1, -0.05) is 42.5 Å².